The Morgan fingerprint density at radius 2 is 1.66 bits per heavy atom. The minimum Gasteiger partial charge on any atom is -0.496 e. The van der Waals surface area contributed by atoms with Crippen LogP contribution in [0.1, 0.15) is 46.5 Å². The van der Waals surface area contributed by atoms with E-state index in [0.717, 1.165) is 53.0 Å². The van der Waals surface area contributed by atoms with Gasteiger partial charge in [0.15, 0.2) is 0 Å². The van der Waals surface area contributed by atoms with Crippen molar-refractivity contribution in [2.45, 2.75) is 44.3 Å². The first-order valence-corrected chi connectivity index (χ1v) is 14.7. The van der Waals surface area contributed by atoms with Crippen molar-refractivity contribution < 1.29 is 18.3 Å². The highest BCUT2D eigenvalue weighted by Gasteiger charge is 2.34. The number of thiophene rings is 1. The largest absolute Gasteiger partial charge is 0.496 e. The summed E-state index contributed by atoms with van der Waals surface area (Å²) in [5, 5.41) is 9.00. The molecular formula is C31H27Cl2F2N3O2S. The normalized spacial score (nSPS) is 17.0. The lowest BCUT2D eigenvalue weighted by Crippen LogP contribution is -2.44. The van der Waals surface area contributed by atoms with E-state index in [-0.39, 0.29) is 44.5 Å². The molecule has 212 valence electrons. The third-order valence-corrected chi connectivity index (χ3v) is 9.67. The van der Waals surface area contributed by atoms with Gasteiger partial charge >= 0.3 is 0 Å². The molecule has 4 aromatic rings. The average molecular weight is 615 g/mol. The highest BCUT2D eigenvalue weighted by molar-refractivity contribution is 7.21. The van der Waals surface area contributed by atoms with Crippen molar-refractivity contribution >= 4 is 50.7 Å². The summed E-state index contributed by atoms with van der Waals surface area (Å²) in [7, 11) is 3.40. The number of nitrogens with zero attached hydrogens (tertiary/aromatic N) is 3. The minimum absolute atomic E-state index is 0.0196. The average Bonchev–Trinajstić information content (AvgIpc) is 3.35. The third kappa shape index (κ3) is 5.91. The van der Waals surface area contributed by atoms with Gasteiger partial charge in [0.1, 0.15) is 22.3 Å². The predicted molar refractivity (Wildman–Crippen MR) is 159 cm³/mol. The highest BCUT2D eigenvalue weighted by Crippen LogP contribution is 2.41. The number of hydrogen-bond donors (Lipinski definition) is 0. The number of carbonyl (C=O) groups is 1. The van der Waals surface area contributed by atoms with Crippen molar-refractivity contribution in [2.75, 3.05) is 14.2 Å². The Hall–Kier alpha value is -3.22. The van der Waals surface area contributed by atoms with Gasteiger partial charge in [-0.2, -0.15) is 5.26 Å². The molecule has 0 N–H and O–H groups in total. The lowest BCUT2D eigenvalue weighted by Gasteiger charge is -2.38. The van der Waals surface area contributed by atoms with Crippen molar-refractivity contribution in [3.8, 4) is 22.9 Å². The number of methoxy groups -OCH3 is 1. The molecule has 1 aliphatic rings. The highest BCUT2D eigenvalue weighted by atomic mass is 35.5. The zero-order valence-corrected chi connectivity index (χ0v) is 24.8. The summed E-state index contributed by atoms with van der Waals surface area (Å²) in [5.74, 6) is -1.07. The standard InChI is InChI=1S/C31H27Cl2F2N3O2S/c1-37(33)22-8-10-23(11-9-22)38(31(39)30-28(32)27-24(34)12-13-25(35)29(27)41-30)17-21-15-20(7-14-26(21)40-2)19-5-3-18(16-36)4-6-19/h3-7,12-15,22-23H,8-11,17H2,1-2H3. The fraction of sp³-hybridized carbons (Fsp3) is 0.290. The van der Waals surface area contributed by atoms with Crippen LogP contribution in [0.5, 0.6) is 5.75 Å². The molecule has 1 amide bonds. The van der Waals surface area contributed by atoms with Crippen LogP contribution in [0.4, 0.5) is 8.78 Å². The first-order chi connectivity index (χ1) is 19.7. The Kier molecular flexibility index (Phi) is 8.81. The zero-order valence-electron chi connectivity index (χ0n) is 22.5. The molecule has 10 heteroatoms. The number of carbonyl (C=O) groups excluding carboxylic acids is 1. The van der Waals surface area contributed by atoms with Crippen LogP contribution in [0.3, 0.4) is 0 Å². The second kappa shape index (κ2) is 12.3. The molecule has 0 bridgehead atoms. The number of ether oxygens (including phenoxy) is 1. The molecular weight excluding hydrogens is 587 g/mol. The quantitative estimate of drug-likeness (QED) is 0.196. The smallest absolute Gasteiger partial charge is 0.266 e. The van der Waals surface area contributed by atoms with Gasteiger partial charge < -0.3 is 9.64 Å². The van der Waals surface area contributed by atoms with Crippen LogP contribution >= 0.6 is 34.7 Å². The van der Waals surface area contributed by atoms with Crippen LogP contribution < -0.4 is 4.74 Å². The Bertz CT molecular complexity index is 1630. The van der Waals surface area contributed by atoms with Gasteiger partial charge in [-0.25, -0.2) is 13.2 Å². The summed E-state index contributed by atoms with van der Waals surface area (Å²) >= 11 is 13.7. The van der Waals surface area contributed by atoms with E-state index in [1.807, 2.05) is 37.4 Å². The SMILES string of the molecule is COc1ccc(-c2ccc(C#N)cc2)cc1CN(C(=O)c1sc2c(F)ccc(F)c2c1Cl)C1CCC(N(C)Cl)CC1. The number of nitriles is 1. The zero-order chi connectivity index (χ0) is 29.3. The summed E-state index contributed by atoms with van der Waals surface area (Å²) in [4.78, 5) is 16.0. The van der Waals surface area contributed by atoms with E-state index >= 15 is 0 Å². The molecule has 0 atom stereocenters. The minimum atomic E-state index is -0.671. The summed E-state index contributed by atoms with van der Waals surface area (Å²) < 4.78 is 36.6. The van der Waals surface area contributed by atoms with Crippen LogP contribution in [-0.2, 0) is 6.54 Å². The van der Waals surface area contributed by atoms with Crippen LogP contribution in [-0.4, -0.2) is 41.5 Å². The van der Waals surface area contributed by atoms with Gasteiger partial charge in [0, 0.05) is 31.2 Å². The Balaban J connectivity index is 1.55. The first kappa shape index (κ1) is 29.3. The Morgan fingerprint density at radius 3 is 2.27 bits per heavy atom. The monoisotopic (exact) mass is 613 g/mol. The van der Waals surface area contributed by atoms with E-state index in [4.69, 9.17) is 33.4 Å². The third-order valence-electron chi connectivity index (χ3n) is 7.72. The summed E-state index contributed by atoms with van der Waals surface area (Å²) in [5.41, 5.74) is 3.14. The van der Waals surface area contributed by atoms with Gasteiger partial charge in [0.05, 0.1) is 33.9 Å². The number of rotatable bonds is 7. The van der Waals surface area contributed by atoms with Gasteiger partial charge in [0.2, 0.25) is 0 Å². The summed E-state index contributed by atoms with van der Waals surface area (Å²) in [6.45, 7) is 0.202. The lowest BCUT2D eigenvalue weighted by molar-refractivity contribution is 0.0589. The molecule has 0 spiro atoms. The van der Waals surface area contributed by atoms with Crippen LogP contribution in [0, 0.1) is 23.0 Å². The van der Waals surface area contributed by atoms with Gasteiger partial charge in [-0.3, -0.25) is 4.79 Å². The first-order valence-electron chi connectivity index (χ1n) is 13.1. The number of amides is 1. The molecule has 1 heterocycles. The van der Waals surface area contributed by atoms with Crippen LogP contribution in [0.15, 0.2) is 54.6 Å². The number of benzene rings is 3. The fourth-order valence-corrected chi connectivity index (χ4v) is 7.16. The maximum absolute atomic E-state index is 14.7. The molecule has 0 radical (unpaired) electrons. The van der Waals surface area contributed by atoms with E-state index < -0.39 is 11.6 Å². The maximum atomic E-state index is 14.7. The molecule has 1 saturated carbocycles. The fourth-order valence-electron chi connectivity index (χ4n) is 5.46. The topological polar surface area (TPSA) is 56.6 Å². The van der Waals surface area contributed by atoms with E-state index in [0.29, 0.717) is 24.2 Å². The maximum Gasteiger partial charge on any atom is 0.266 e. The molecule has 5 nitrogen and oxygen atoms in total. The van der Waals surface area contributed by atoms with Crippen molar-refractivity contribution in [1.82, 2.24) is 9.32 Å². The predicted octanol–water partition coefficient (Wildman–Crippen LogP) is 8.42. The van der Waals surface area contributed by atoms with Gasteiger partial charge in [-0.15, -0.1) is 11.3 Å². The second-order valence-electron chi connectivity index (χ2n) is 10.1. The Morgan fingerprint density at radius 1 is 1.02 bits per heavy atom. The second-order valence-corrected chi connectivity index (χ2v) is 12.0. The lowest BCUT2D eigenvalue weighted by atomic mass is 9.89. The van der Waals surface area contributed by atoms with Crippen LogP contribution in [0.25, 0.3) is 21.2 Å². The molecule has 5 rings (SSSR count). The summed E-state index contributed by atoms with van der Waals surface area (Å²) in [6.07, 6.45) is 2.99. The van der Waals surface area contributed by atoms with Crippen molar-refractivity contribution in [1.29, 1.82) is 5.26 Å². The van der Waals surface area contributed by atoms with Gasteiger partial charge in [-0.1, -0.05) is 29.8 Å². The molecule has 0 saturated heterocycles. The molecule has 0 aliphatic heterocycles. The molecule has 41 heavy (non-hydrogen) atoms. The number of fused-ring (bicyclic) bond motifs is 1. The summed E-state index contributed by atoms with van der Waals surface area (Å²) in [6, 6.07) is 17.2. The van der Waals surface area contributed by atoms with E-state index in [1.54, 1.807) is 28.6 Å². The van der Waals surface area contributed by atoms with Crippen molar-refractivity contribution in [3.05, 3.63) is 87.3 Å². The van der Waals surface area contributed by atoms with Crippen molar-refractivity contribution in [2.24, 2.45) is 0 Å². The van der Waals surface area contributed by atoms with E-state index in [2.05, 4.69) is 6.07 Å². The number of halogens is 4. The van der Waals surface area contributed by atoms with E-state index in [1.165, 1.54) is 0 Å². The number of hydrogen-bond acceptors (Lipinski definition) is 5. The van der Waals surface area contributed by atoms with Crippen LogP contribution in [0.2, 0.25) is 5.02 Å². The molecule has 1 aliphatic carbocycles. The molecule has 1 aromatic heterocycles. The van der Waals surface area contributed by atoms with Crippen molar-refractivity contribution in [3.63, 3.8) is 0 Å². The van der Waals surface area contributed by atoms with Gasteiger partial charge in [0.25, 0.3) is 5.91 Å². The molecule has 3 aromatic carbocycles. The van der Waals surface area contributed by atoms with Gasteiger partial charge in [-0.05, 0) is 85.0 Å². The van der Waals surface area contributed by atoms with E-state index in [9.17, 15) is 13.6 Å². The molecule has 1 fully saturated rings. The Labute approximate surface area is 251 Å². The molecule has 0 unspecified atom stereocenters.